The average molecular weight is 402 g/mol. The Kier molecular flexibility index (Phi) is 6.50. The molecule has 0 radical (unpaired) electrons. The predicted octanol–water partition coefficient (Wildman–Crippen LogP) is 2.58. The first-order chi connectivity index (χ1) is 11.0. The molecule has 23 heavy (non-hydrogen) atoms. The van der Waals surface area contributed by atoms with Gasteiger partial charge in [-0.15, -0.1) is 11.8 Å². The summed E-state index contributed by atoms with van der Waals surface area (Å²) in [6.07, 6.45) is 0.203. The van der Waals surface area contributed by atoms with Crippen LogP contribution in [0.1, 0.15) is 6.42 Å². The van der Waals surface area contributed by atoms with Gasteiger partial charge in [-0.2, -0.15) is 0 Å². The smallest absolute Gasteiger partial charge is 0.323 e. The topological polar surface area (TPSA) is 55.8 Å². The zero-order valence-electron chi connectivity index (χ0n) is 13.3. The molecule has 126 valence electrons. The van der Waals surface area contributed by atoms with Crippen molar-refractivity contribution in [1.29, 1.82) is 0 Å². The summed E-state index contributed by atoms with van der Waals surface area (Å²) in [5, 5.41) is 0.115. The summed E-state index contributed by atoms with van der Waals surface area (Å²) < 4.78 is 10.7. The fraction of sp³-hybridized carbons (Fsp3) is 0.500. The van der Waals surface area contributed by atoms with Gasteiger partial charge in [-0.1, -0.05) is 15.9 Å². The van der Waals surface area contributed by atoms with Gasteiger partial charge in [0.25, 0.3) is 0 Å². The Hall–Kier alpha value is -1.05. The van der Waals surface area contributed by atoms with E-state index in [0.717, 1.165) is 9.37 Å². The summed E-state index contributed by atoms with van der Waals surface area (Å²) >= 11 is 5.10. The fourth-order valence-electron chi connectivity index (χ4n) is 2.87. The highest BCUT2D eigenvalue weighted by Crippen LogP contribution is 2.39. The normalized spacial score (nSPS) is 24.4. The molecule has 1 aromatic rings. The Balaban J connectivity index is 2.19. The van der Waals surface area contributed by atoms with Gasteiger partial charge in [0, 0.05) is 27.1 Å². The number of ether oxygens (including phenoxy) is 2. The van der Waals surface area contributed by atoms with Gasteiger partial charge in [-0.25, -0.2) is 0 Å². The maximum Gasteiger partial charge on any atom is 0.323 e. The van der Waals surface area contributed by atoms with Crippen molar-refractivity contribution >= 4 is 39.6 Å². The lowest BCUT2D eigenvalue weighted by molar-refractivity contribution is -0.148. The van der Waals surface area contributed by atoms with Crippen molar-refractivity contribution in [2.45, 2.75) is 22.6 Å². The predicted molar refractivity (Wildman–Crippen MR) is 92.3 cm³/mol. The largest absolute Gasteiger partial charge is 0.469 e. The molecule has 1 aromatic carbocycles. The molecule has 2 rings (SSSR count). The number of hydrogen-bond donors (Lipinski definition) is 0. The van der Waals surface area contributed by atoms with Crippen LogP contribution in [0.3, 0.4) is 0 Å². The number of likely N-dealkylation sites (N-methyl/N-ethyl adjacent to an activating group) is 1. The van der Waals surface area contributed by atoms with Crippen molar-refractivity contribution in [2.75, 3.05) is 27.8 Å². The number of carbonyl (C=O) groups excluding carboxylic acids is 2. The molecule has 0 aliphatic carbocycles. The third-order valence-corrected chi connectivity index (χ3v) is 5.87. The highest BCUT2D eigenvalue weighted by atomic mass is 79.9. The van der Waals surface area contributed by atoms with E-state index in [-0.39, 0.29) is 29.5 Å². The minimum atomic E-state index is -0.424. The standard InChI is InChI=1S/C16H20BrNO4S/c1-18-9-13(23-11-6-4-10(17)5-7-11)12(8-14(19)21-2)15(18)16(20)22-3/h4-7,12-13,15H,8-9H2,1-3H3/t12-,13?,15-/m0/s1. The van der Waals surface area contributed by atoms with Gasteiger partial charge in [0.1, 0.15) is 6.04 Å². The molecule has 1 saturated heterocycles. The molecule has 0 amide bonds. The number of esters is 2. The zero-order valence-corrected chi connectivity index (χ0v) is 15.7. The summed E-state index contributed by atoms with van der Waals surface area (Å²) in [4.78, 5) is 26.9. The molecule has 0 spiro atoms. The molecule has 7 heteroatoms. The summed E-state index contributed by atoms with van der Waals surface area (Å²) in [6, 6.07) is 7.58. The molecule has 0 bridgehead atoms. The van der Waals surface area contributed by atoms with Gasteiger partial charge >= 0.3 is 11.9 Å². The van der Waals surface area contributed by atoms with Gasteiger partial charge < -0.3 is 9.47 Å². The Bertz CT molecular complexity index is 566. The molecule has 1 aliphatic rings. The van der Waals surface area contributed by atoms with Crippen LogP contribution in [-0.2, 0) is 19.1 Å². The number of halogens is 1. The van der Waals surface area contributed by atoms with E-state index in [1.165, 1.54) is 14.2 Å². The minimum absolute atomic E-state index is 0.115. The van der Waals surface area contributed by atoms with Crippen LogP contribution in [0.4, 0.5) is 0 Å². The molecule has 1 fully saturated rings. The van der Waals surface area contributed by atoms with Crippen LogP contribution in [0.15, 0.2) is 33.6 Å². The van der Waals surface area contributed by atoms with Crippen molar-refractivity contribution in [2.24, 2.45) is 5.92 Å². The molecule has 0 aromatic heterocycles. The Morgan fingerprint density at radius 2 is 1.91 bits per heavy atom. The van der Waals surface area contributed by atoms with Crippen LogP contribution in [0.5, 0.6) is 0 Å². The van der Waals surface area contributed by atoms with Crippen LogP contribution in [-0.4, -0.2) is 55.9 Å². The number of likely N-dealkylation sites (tertiary alicyclic amines) is 1. The lowest BCUT2D eigenvalue weighted by Crippen LogP contribution is -2.39. The molecule has 1 aliphatic heterocycles. The van der Waals surface area contributed by atoms with Crippen LogP contribution in [0.25, 0.3) is 0 Å². The zero-order chi connectivity index (χ0) is 17.0. The van der Waals surface area contributed by atoms with Crippen molar-refractivity contribution in [3.05, 3.63) is 28.7 Å². The van der Waals surface area contributed by atoms with Crippen molar-refractivity contribution < 1.29 is 19.1 Å². The van der Waals surface area contributed by atoms with E-state index >= 15 is 0 Å². The van der Waals surface area contributed by atoms with E-state index in [9.17, 15) is 9.59 Å². The molecular weight excluding hydrogens is 382 g/mol. The average Bonchev–Trinajstić information content (AvgIpc) is 2.84. The number of methoxy groups -OCH3 is 2. The van der Waals surface area contributed by atoms with Gasteiger partial charge in [0.15, 0.2) is 0 Å². The SMILES string of the molecule is COC(=O)C[C@H]1C(Sc2ccc(Br)cc2)CN(C)[C@@H]1C(=O)OC. The lowest BCUT2D eigenvalue weighted by Gasteiger charge is -2.23. The van der Waals surface area contributed by atoms with Crippen LogP contribution in [0.2, 0.25) is 0 Å². The molecular formula is C16H20BrNO4S. The van der Waals surface area contributed by atoms with Crippen LogP contribution in [0, 0.1) is 5.92 Å². The molecule has 0 N–H and O–H groups in total. The van der Waals surface area contributed by atoms with E-state index in [0.29, 0.717) is 6.54 Å². The second-order valence-corrected chi connectivity index (χ2v) is 7.69. The van der Waals surface area contributed by atoms with E-state index < -0.39 is 6.04 Å². The molecule has 5 nitrogen and oxygen atoms in total. The minimum Gasteiger partial charge on any atom is -0.469 e. The van der Waals surface area contributed by atoms with E-state index in [4.69, 9.17) is 9.47 Å². The summed E-state index contributed by atoms with van der Waals surface area (Å²) in [5.41, 5.74) is 0. The van der Waals surface area contributed by atoms with E-state index in [1.807, 2.05) is 36.2 Å². The number of rotatable bonds is 5. The van der Waals surface area contributed by atoms with Gasteiger partial charge in [-0.3, -0.25) is 14.5 Å². The van der Waals surface area contributed by atoms with Gasteiger partial charge in [0.05, 0.1) is 20.6 Å². The summed E-state index contributed by atoms with van der Waals surface area (Å²) in [6.45, 7) is 0.710. The number of benzene rings is 1. The van der Waals surface area contributed by atoms with E-state index in [2.05, 4.69) is 15.9 Å². The number of thioether (sulfide) groups is 1. The number of hydrogen-bond acceptors (Lipinski definition) is 6. The highest BCUT2D eigenvalue weighted by molar-refractivity contribution is 9.10. The first kappa shape index (κ1) is 18.3. The first-order valence-electron chi connectivity index (χ1n) is 7.23. The quantitative estimate of drug-likeness (QED) is 0.706. The van der Waals surface area contributed by atoms with Gasteiger partial charge in [-0.05, 0) is 31.3 Å². The maximum atomic E-state index is 12.1. The van der Waals surface area contributed by atoms with Crippen molar-refractivity contribution in [3.8, 4) is 0 Å². The molecule has 1 heterocycles. The third kappa shape index (κ3) is 4.49. The molecule has 0 saturated carbocycles. The Morgan fingerprint density at radius 3 is 2.48 bits per heavy atom. The van der Waals surface area contributed by atoms with Crippen molar-refractivity contribution in [3.63, 3.8) is 0 Å². The fourth-order valence-corrected chi connectivity index (χ4v) is 4.51. The summed E-state index contributed by atoms with van der Waals surface area (Å²) in [7, 11) is 4.62. The second-order valence-electron chi connectivity index (χ2n) is 5.46. The van der Waals surface area contributed by atoms with Crippen molar-refractivity contribution in [1.82, 2.24) is 4.90 Å². The Labute approximate surface area is 148 Å². The highest BCUT2D eigenvalue weighted by Gasteiger charge is 2.46. The summed E-state index contributed by atoms with van der Waals surface area (Å²) in [5.74, 6) is -0.755. The molecule has 3 atom stereocenters. The number of nitrogens with zero attached hydrogens (tertiary/aromatic N) is 1. The number of carbonyl (C=O) groups is 2. The van der Waals surface area contributed by atoms with Crippen LogP contribution < -0.4 is 0 Å². The second kappa shape index (κ2) is 8.17. The van der Waals surface area contributed by atoms with Crippen LogP contribution >= 0.6 is 27.7 Å². The van der Waals surface area contributed by atoms with Gasteiger partial charge in [0.2, 0.25) is 0 Å². The lowest BCUT2D eigenvalue weighted by atomic mass is 9.96. The first-order valence-corrected chi connectivity index (χ1v) is 8.90. The van der Waals surface area contributed by atoms with E-state index in [1.54, 1.807) is 11.8 Å². The monoisotopic (exact) mass is 401 g/mol. The third-order valence-electron chi connectivity index (χ3n) is 4.00. The maximum absolute atomic E-state index is 12.1. The molecule has 1 unspecified atom stereocenters. The Morgan fingerprint density at radius 1 is 1.26 bits per heavy atom.